The number of rotatable bonds is 1. The summed E-state index contributed by atoms with van der Waals surface area (Å²) in [4.78, 5) is 11.7. The number of anilines is 1. The second-order valence-electron chi connectivity index (χ2n) is 2.32. The lowest BCUT2D eigenvalue weighted by Gasteiger charge is -2.12. The highest BCUT2D eigenvalue weighted by Crippen LogP contribution is 2.14. The van der Waals surface area contributed by atoms with E-state index in [0.29, 0.717) is 5.69 Å². The maximum atomic E-state index is 10.5. The molecule has 1 rings (SSSR count). The SMILES string of the molecule is CN(C(=O)O)c1ccc(I)cc1. The summed E-state index contributed by atoms with van der Waals surface area (Å²) in [5.74, 6) is 0. The van der Waals surface area contributed by atoms with Crippen molar-refractivity contribution < 1.29 is 9.90 Å². The van der Waals surface area contributed by atoms with Gasteiger partial charge in [-0.2, -0.15) is 0 Å². The molecule has 0 spiro atoms. The van der Waals surface area contributed by atoms with Gasteiger partial charge in [0.25, 0.3) is 0 Å². The molecule has 0 aromatic heterocycles. The summed E-state index contributed by atoms with van der Waals surface area (Å²) in [5, 5.41) is 8.63. The highest BCUT2D eigenvalue weighted by atomic mass is 127. The first-order valence-electron chi connectivity index (χ1n) is 3.33. The molecular formula is C8H8INO2. The van der Waals surface area contributed by atoms with Crippen LogP contribution < -0.4 is 4.90 Å². The maximum Gasteiger partial charge on any atom is 0.411 e. The van der Waals surface area contributed by atoms with Crippen LogP contribution in [0.2, 0.25) is 0 Å². The largest absolute Gasteiger partial charge is 0.465 e. The van der Waals surface area contributed by atoms with E-state index in [1.165, 1.54) is 11.9 Å². The molecule has 1 aromatic carbocycles. The molecule has 0 unspecified atom stereocenters. The molecule has 0 aliphatic heterocycles. The molecule has 12 heavy (non-hydrogen) atoms. The molecule has 3 nitrogen and oxygen atoms in total. The van der Waals surface area contributed by atoms with Gasteiger partial charge in [-0.1, -0.05) is 0 Å². The fourth-order valence-electron chi connectivity index (χ4n) is 0.775. The summed E-state index contributed by atoms with van der Waals surface area (Å²) in [5.41, 5.74) is 0.683. The first-order valence-corrected chi connectivity index (χ1v) is 4.41. The molecule has 1 amide bonds. The van der Waals surface area contributed by atoms with E-state index in [-0.39, 0.29) is 0 Å². The van der Waals surface area contributed by atoms with Crippen molar-refractivity contribution >= 4 is 34.4 Å². The zero-order valence-electron chi connectivity index (χ0n) is 6.49. The lowest BCUT2D eigenvalue weighted by molar-refractivity contribution is 0.203. The summed E-state index contributed by atoms with van der Waals surface area (Å²) in [7, 11) is 1.52. The highest BCUT2D eigenvalue weighted by molar-refractivity contribution is 14.1. The molecule has 0 heterocycles. The van der Waals surface area contributed by atoms with Crippen molar-refractivity contribution in [3.05, 3.63) is 27.8 Å². The van der Waals surface area contributed by atoms with E-state index in [9.17, 15) is 4.79 Å². The van der Waals surface area contributed by atoms with Crippen LogP contribution in [0, 0.1) is 3.57 Å². The summed E-state index contributed by atoms with van der Waals surface area (Å²) in [6.45, 7) is 0. The first-order chi connectivity index (χ1) is 5.61. The normalized spacial score (nSPS) is 9.50. The van der Waals surface area contributed by atoms with Crippen molar-refractivity contribution in [2.24, 2.45) is 0 Å². The molecular weight excluding hydrogens is 269 g/mol. The molecule has 64 valence electrons. The molecule has 1 N–H and O–H groups in total. The smallest absolute Gasteiger partial charge is 0.411 e. The van der Waals surface area contributed by atoms with E-state index in [2.05, 4.69) is 22.6 Å². The van der Waals surface area contributed by atoms with Crippen LogP contribution in [0.3, 0.4) is 0 Å². The predicted octanol–water partition coefficient (Wildman–Crippen LogP) is 2.41. The zero-order valence-corrected chi connectivity index (χ0v) is 8.65. The minimum Gasteiger partial charge on any atom is -0.465 e. The van der Waals surface area contributed by atoms with Crippen molar-refractivity contribution in [1.29, 1.82) is 0 Å². The quantitative estimate of drug-likeness (QED) is 0.801. The molecule has 0 fully saturated rings. The van der Waals surface area contributed by atoms with Gasteiger partial charge in [-0.15, -0.1) is 0 Å². The van der Waals surface area contributed by atoms with E-state index >= 15 is 0 Å². The number of carboxylic acid groups (broad SMARTS) is 1. The van der Waals surface area contributed by atoms with E-state index in [0.717, 1.165) is 3.57 Å². The average Bonchev–Trinajstić information content (AvgIpc) is 2.04. The molecule has 4 heteroatoms. The monoisotopic (exact) mass is 277 g/mol. The molecule has 0 radical (unpaired) electrons. The van der Waals surface area contributed by atoms with Crippen molar-refractivity contribution in [2.45, 2.75) is 0 Å². The third-order valence-electron chi connectivity index (χ3n) is 1.50. The number of hydrogen-bond acceptors (Lipinski definition) is 1. The van der Waals surface area contributed by atoms with Crippen LogP contribution in [0.5, 0.6) is 0 Å². The summed E-state index contributed by atoms with van der Waals surface area (Å²) >= 11 is 2.17. The van der Waals surface area contributed by atoms with Gasteiger partial charge in [0.1, 0.15) is 0 Å². The van der Waals surface area contributed by atoms with Gasteiger partial charge in [0.05, 0.1) is 0 Å². The fourth-order valence-corrected chi connectivity index (χ4v) is 1.13. The number of nitrogens with zero attached hydrogens (tertiary/aromatic N) is 1. The Kier molecular flexibility index (Phi) is 2.91. The van der Waals surface area contributed by atoms with Gasteiger partial charge in [0, 0.05) is 16.3 Å². The second kappa shape index (κ2) is 3.75. The second-order valence-corrected chi connectivity index (χ2v) is 3.56. The van der Waals surface area contributed by atoms with Crippen LogP contribution in [0.4, 0.5) is 10.5 Å². The Bertz CT molecular complexity index is 284. The molecule has 1 aromatic rings. The van der Waals surface area contributed by atoms with Crippen molar-refractivity contribution in [1.82, 2.24) is 0 Å². The van der Waals surface area contributed by atoms with Crippen molar-refractivity contribution in [2.75, 3.05) is 11.9 Å². The first kappa shape index (κ1) is 9.31. The van der Waals surface area contributed by atoms with Gasteiger partial charge in [-0.05, 0) is 46.9 Å². The third kappa shape index (κ3) is 2.10. The number of hydrogen-bond donors (Lipinski definition) is 1. The summed E-state index contributed by atoms with van der Waals surface area (Å²) in [6, 6.07) is 7.29. The van der Waals surface area contributed by atoms with Gasteiger partial charge in [-0.3, -0.25) is 4.90 Å². The highest BCUT2D eigenvalue weighted by Gasteiger charge is 2.06. The van der Waals surface area contributed by atoms with Gasteiger partial charge < -0.3 is 5.11 Å². The van der Waals surface area contributed by atoms with Crippen LogP contribution >= 0.6 is 22.6 Å². The zero-order chi connectivity index (χ0) is 9.14. The third-order valence-corrected chi connectivity index (χ3v) is 2.22. The molecule has 0 saturated carbocycles. The number of amides is 1. The Morgan fingerprint density at radius 2 is 1.92 bits per heavy atom. The number of carbonyl (C=O) groups is 1. The van der Waals surface area contributed by atoms with Crippen LogP contribution in [0.15, 0.2) is 24.3 Å². The van der Waals surface area contributed by atoms with Gasteiger partial charge >= 0.3 is 6.09 Å². The molecule has 0 aliphatic carbocycles. The summed E-state index contributed by atoms with van der Waals surface area (Å²) < 4.78 is 1.09. The van der Waals surface area contributed by atoms with Gasteiger partial charge in [0.2, 0.25) is 0 Å². The lowest BCUT2D eigenvalue weighted by atomic mass is 10.3. The van der Waals surface area contributed by atoms with E-state index in [1.54, 1.807) is 12.1 Å². The van der Waals surface area contributed by atoms with Gasteiger partial charge in [0.15, 0.2) is 0 Å². The van der Waals surface area contributed by atoms with Crippen LogP contribution in [-0.2, 0) is 0 Å². The lowest BCUT2D eigenvalue weighted by Crippen LogP contribution is -2.23. The minimum absolute atomic E-state index is 0.683. The van der Waals surface area contributed by atoms with Crippen LogP contribution in [-0.4, -0.2) is 18.2 Å². The van der Waals surface area contributed by atoms with E-state index in [4.69, 9.17) is 5.11 Å². The van der Waals surface area contributed by atoms with E-state index < -0.39 is 6.09 Å². The predicted molar refractivity (Wildman–Crippen MR) is 55.6 cm³/mol. The Morgan fingerprint density at radius 1 is 1.42 bits per heavy atom. The number of halogens is 1. The Morgan fingerprint density at radius 3 is 2.33 bits per heavy atom. The van der Waals surface area contributed by atoms with Gasteiger partial charge in [-0.25, -0.2) is 4.79 Å². The molecule has 0 bridgehead atoms. The Balaban J connectivity index is 2.89. The van der Waals surface area contributed by atoms with Crippen LogP contribution in [0.1, 0.15) is 0 Å². The average molecular weight is 277 g/mol. The molecule has 0 saturated heterocycles. The van der Waals surface area contributed by atoms with Crippen molar-refractivity contribution in [3.63, 3.8) is 0 Å². The standard InChI is InChI=1S/C8H8INO2/c1-10(8(11)12)7-4-2-6(9)3-5-7/h2-5H,1H3,(H,11,12). The number of benzene rings is 1. The Hall–Kier alpha value is -0.780. The Labute approximate surface area is 84.1 Å². The molecule has 0 aliphatic rings. The topological polar surface area (TPSA) is 40.5 Å². The molecule has 0 atom stereocenters. The van der Waals surface area contributed by atoms with E-state index in [1.807, 2.05) is 12.1 Å². The minimum atomic E-state index is -0.948. The maximum absolute atomic E-state index is 10.5. The van der Waals surface area contributed by atoms with Crippen molar-refractivity contribution in [3.8, 4) is 0 Å². The summed E-state index contributed by atoms with van der Waals surface area (Å²) in [6.07, 6.45) is -0.948. The van der Waals surface area contributed by atoms with Crippen LogP contribution in [0.25, 0.3) is 0 Å². The fraction of sp³-hybridized carbons (Fsp3) is 0.125.